The monoisotopic (exact) mass is 629 g/mol. The molecule has 3 aromatic heterocycles. The average Bonchev–Trinajstić information content (AvgIpc) is 3.23. The van der Waals surface area contributed by atoms with Gasteiger partial charge in [-0.15, -0.1) is 0 Å². The van der Waals surface area contributed by atoms with E-state index in [2.05, 4.69) is 34.1 Å². The zero-order valence-corrected chi connectivity index (χ0v) is 23.7. The molecule has 0 radical (unpaired) electrons. The van der Waals surface area contributed by atoms with Gasteiger partial charge in [0.25, 0.3) is 0 Å². The molecule has 10 heteroatoms. The summed E-state index contributed by atoms with van der Waals surface area (Å²) >= 11 is -0.172. The molecular formula is C28H28F2IN6O-. The molecule has 6 rings (SSSR count). The van der Waals surface area contributed by atoms with Crippen molar-refractivity contribution in [1.82, 2.24) is 29.9 Å². The van der Waals surface area contributed by atoms with E-state index in [1.54, 1.807) is 17.8 Å². The first-order valence-electron chi connectivity index (χ1n) is 12.5. The van der Waals surface area contributed by atoms with Crippen LogP contribution >= 0.6 is 0 Å². The molecule has 198 valence electrons. The normalized spacial score (nSPS) is 22.6. The van der Waals surface area contributed by atoms with Crippen LogP contribution < -0.4 is 21.2 Å². The van der Waals surface area contributed by atoms with Gasteiger partial charge in [-0.2, -0.15) is 0 Å². The molecule has 1 aliphatic heterocycles. The number of halogens is 3. The molecule has 1 saturated heterocycles. The predicted molar refractivity (Wildman–Crippen MR) is 134 cm³/mol. The number of hydrogen-bond donors (Lipinski definition) is 1. The molecule has 0 saturated carbocycles. The number of aliphatic hydroxyl groups excluding tert-OH is 1. The second-order valence-electron chi connectivity index (χ2n) is 10.8. The summed E-state index contributed by atoms with van der Waals surface area (Å²) in [5, 5.41) is 23.5. The van der Waals surface area contributed by atoms with Crippen molar-refractivity contribution in [2.75, 3.05) is 8.86 Å². The molecule has 7 nitrogen and oxygen atoms in total. The number of fused-ring (bicyclic) bond motifs is 5. The third-order valence-corrected chi connectivity index (χ3v) is 11.3. The van der Waals surface area contributed by atoms with Crippen LogP contribution in [-0.2, 0) is 12.0 Å². The van der Waals surface area contributed by atoms with E-state index in [0.29, 0.717) is 17.9 Å². The van der Waals surface area contributed by atoms with Gasteiger partial charge in [0.15, 0.2) is 0 Å². The zero-order chi connectivity index (χ0) is 26.8. The summed E-state index contributed by atoms with van der Waals surface area (Å²) in [5.41, 5.74) is 4.28. The van der Waals surface area contributed by atoms with Gasteiger partial charge in [-0.3, -0.25) is 0 Å². The number of aliphatic hydroxyl groups is 1. The Morgan fingerprint density at radius 1 is 1.11 bits per heavy atom. The number of rotatable bonds is 5. The molecular weight excluding hydrogens is 601 g/mol. The number of hydrogen-bond acceptors (Lipinski definition) is 6. The van der Waals surface area contributed by atoms with E-state index >= 15 is 0 Å². The van der Waals surface area contributed by atoms with Crippen LogP contribution in [0.1, 0.15) is 49.3 Å². The van der Waals surface area contributed by atoms with Gasteiger partial charge in [-0.05, 0) is 0 Å². The Morgan fingerprint density at radius 3 is 2.61 bits per heavy atom. The van der Waals surface area contributed by atoms with Crippen molar-refractivity contribution >= 4 is 0 Å². The Kier molecular flexibility index (Phi) is 6.10. The van der Waals surface area contributed by atoms with Crippen molar-refractivity contribution in [2.45, 2.75) is 51.7 Å². The van der Waals surface area contributed by atoms with Gasteiger partial charge in [0.05, 0.1) is 0 Å². The van der Waals surface area contributed by atoms with E-state index in [-0.39, 0.29) is 43.8 Å². The Bertz CT molecular complexity index is 1530. The quantitative estimate of drug-likeness (QED) is 0.265. The minimum atomic E-state index is -0.648. The summed E-state index contributed by atoms with van der Waals surface area (Å²) < 4.78 is 33.0. The number of nitrogens with zero attached hydrogens (tertiary/aromatic N) is 6. The van der Waals surface area contributed by atoms with Crippen LogP contribution in [0, 0.1) is 24.0 Å². The summed E-state index contributed by atoms with van der Waals surface area (Å²) in [6.07, 6.45) is 3.01. The van der Waals surface area contributed by atoms with Crippen LogP contribution in [0.5, 0.6) is 0 Å². The van der Waals surface area contributed by atoms with Crippen molar-refractivity contribution < 1.29 is 35.1 Å². The molecule has 4 aromatic rings. The Labute approximate surface area is 230 Å². The van der Waals surface area contributed by atoms with Crippen molar-refractivity contribution in [1.29, 1.82) is 0 Å². The molecule has 1 N–H and O–H groups in total. The van der Waals surface area contributed by atoms with Crippen LogP contribution in [0.25, 0.3) is 22.6 Å². The molecule has 4 heterocycles. The van der Waals surface area contributed by atoms with Crippen LogP contribution in [-0.4, -0.2) is 50.0 Å². The Morgan fingerprint density at radius 2 is 1.87 bits per heavy atom. The van der Waals surface area contributed by atoms with Gasteiger partial charge in [-0.25, -0.2) is 0 Å². The fourth-order valence-electron chi connectivity index (χ4n) is 5.96. The van der Waals surface area contributed by atoms with E-state index in [9.17, 15) is 13.9 Å². The fourth-order valence-corrected chi connectivity index (χ4v) is 11.0. The molecule has 38 heavy (non-hydrogen) atoms. The van der Waals surface area contributed by atoms with Gasteiger partial charge >= 0.3 is 231 Å². The minimum absolute atomic E-state index is 0.143. The fraction of sp³-hybridized carbons (Fsp3) is 0.393. The van der Waals surface area contributed by atoms with Crippen molar-refractivity contribution in [2.24, 2.45) is 5.41 Å². The van der Waals surface area contributed by atoms with E-state index < -0.39 is 23.2 Å². The summed E-state index contributed by atoms with van der Waals surface area (Å²) in [5.74, 6) is -1.11. The zero-order valence-electron chi connectivity index (χ0n) is 21.6. The predicted octanol–water partition coefficient (Wildman–Crippen LogP) is 1.28. The Hall–Kier alpha value is -2.86. The SMILES string of the molecule is Cc1cc(-c2cncc([C@@]34C[I-]C[C@@H](c5cc(-c6c(F)cccc6F)nnc53)C4(C)C)n2)nn1C[C@@H](C)O. The van der Waals surface area contributed by atoms with E-state index in [4.69, 9.17) is 4.98 Å². The molecule has 2 aliphatic rings. The first kappa shape index (κ1) is 25.4. The Balaban J connectivity index is 1.49. The summed E-state index contributed by atoms with van der Waals surface area (Å²) in [4.78, 5) is 9.68. The standard InChI is InChI=1S/C28H28F2IN6O/c1-15-8-21(36-37(15)13-16(2)38)23-11-32-12-24(33-23)28-14-31-10-18(27(28,3)4)17-9-22(34-35-26(17)28)25-19(29)6-5-7-20(25)30/h5-9,11-12,16,18,38H,10,13-14H2,1-4H3/q-1/t16-,18+,28+/m1/s1. The van der Waals surface area contributed by atoms with Crippen LogP contribution in [0.2, 0.25) is 0 Å². The van der Waals surface area contributed by atoms with Crippen LogP contribution in [0.3, 0.4) is 0 Å². The summed E-state index contributed by atoms with van der Waals surface area (Å²) in [6, 6.07) is 7.63. The molecule has 1 fully saturated rings. The molecule has 0 unspecified atom stereocenters. The van der Waals surface area contributed by atoms with Gasteiger partial charge in [0, 0.05) is 0 Å². The molecule has 1 aliphatic carbocycles. The van der Waals surface area contributed by atoms with Crippen molar-refractivity contribution in [3.63, 3.8) is 0 Å². The summed E-state index contributed by atoms with van der Waals surface area (Å²) in [7, 11) is 0. The maximum atomic E-state index is 14.6. The topological polar surface area (TPSA) is 89.6 Å². The van der Waals surface area contributed by atoms with E-state index in [0.717, 1.165) is 31.5 Å². The molecule has 0 spiro atoms. The first-order chi connectivity index (χ1) is 18.1. The van der Waals surface area contributed by atoms with Gasteiger partial charge < -0.3 is 0 Å². The van der Waals surface area contributed by atoms with E-state index in [1.165, 1.54) is 18.2 Å². The van der Waals surface area contributed by atoms with Gasteiger partial charge in [0.1, 0.15) is 0 Å². The molecule has 3 atom stereocenters. The first-order valence-corrected chi connectivity index (χ1v) is 15.6. The van der Waals surface area contributed by atoms with Gasteiger partial charge in [0.2, 0.25) is 0 Å². The second-order valence-corrected chi connectivity index (χ2v) is 13.5. The molecule has 1 aromatic carbocycles. The van der Waals surface area contributed by atoms with Crippen LogP contribution in [0.15, 0.2) is 42.7 Å². The van der Waals surface area contributed by atoms with Crippen molar-refractivity contribution in [3.05, 3.63) is 77.0 Å². The number of benzene rings is 1. The third kappa shape index (κ3) is 3.70. The second kappa shape index (κ2) is 9.11. The number of alkyl halides is 2. The van der Waals surface area contributed by atoms with E-state index in [1.807, 2.05) is 25.3 Å². The third-order valence-electron chi connectivity index (χ3n) is 8.10. The number of aromatic nitrogens is 6. The number of aryl methyl sites for hydroxylation is 1. The van der Waals surface area contributed by atoms with Gasteiger partial charge in [-0.1, -0.05) is 0 Å². The average molecular weight is 629 g/mol. The maximum absolute atomic E-state index is 14.6. The summed E-state index contributed by atoms with van der Waals surface area (Å²) in [6.45, 7) is 8.56. The van der Waals surface area contributed by atoms with Crippen LogP contribution in [0.4, 0.5) is 8.78 Å². The molecule has 2 bridgehead atoms. The van der Waals surface area contributed by atoms with Crippen molar-refractivity contribution in [3.8, 4) is 22.6 Å². The molecule has 0 amide bonds.